The number of nitrogens with one attached hydrogen (secondary N) is 1. The Morgan fingerprint density at radius 2 is 2.00 bits per heavy atom. The second-order valence-electron chi connectivity index (χ2n) is 8.24. The number of hydrogen-bond donors (Lipinski definition) is 1. The van der Waals surface area contributed by atoms with Crippen LogP contribution in [0.5, 0.6) is 0 Å². The molecule has 6 rings (SSSR count). The fourth-order valence-corrected chi connectivity index (χ4v) is 4.49. The summed E-state index contributed by atoms with van der Waals surface area (Å²) in [5.74, 6) is -0.101. The first-order chi connectivity index (χ1) is 16.6. The molecule has 34 heavy (non-hydrogen) atoms. The summed E-state index contributed by atoms with van der Waals surface area (Å²) >= 11 is 0. The fourth-order valence-electron chi connectivity index (χ4n) is 4.49. The maximum Gasteiger partial charge on any atom is 0.419 e. The van der Waals surface area contributed by atoms with E-state index in [0.717, 1.165) is 0 Å². The lowest BCUT2D eigenvalue weighted by molar-refractivity contribution is 0.0665. The molecule has 5 aromatic rings. The number of nitrogens with zero attached hydrogens (tertiary/aromatic N) is 7. The lowest BCUT2D eigenvalue weighted by Crippen LogP contribution is -2.31. The molecule has 1 saturated carbocycles. The van der Waals surface area contributed by atoms with E-state index in [1.807, 2.05) is 0 Å². The highest BCUT2D eigenvalue weighted by Crippen LogP contribution is 2.31. The molecule has 0 aliphatic heterocycles. The van der Waals surface area contributed by atoms with Crippen LogP contribution in [0.1, 0.15) is 31.7 Å². The van der Waals surface area contributed by atoms with Gasteiger partial charge in [-0.1, -0.05) is 0 Å². The van der Waals surface area contributed by atoms with Crippen molar-refractivity contribution >= 4 is 28.3 Å². The van der Waals surface area contributed by atoms with Crippen LogP contribution >= 0.6 is 0 Å². The summed E-state index contributed by atoms with van der Waals surface area (Å²) in [6.45, 7) is 0. The highest BCUT2D eigenvalue weighted by atomic mass is 19.1. The summed E-state index contributed by atoms with van der Waals surface area (Å²) in [5, 5.41) is 0. The lowest BCUT2D eigenvalue weighted by Gasteiger charge is -2.28. The maximum atomic E-state index is 13.8. The van der Waals surface area contributed by atoms with Crippen LogP contribution in [-0.2, 0) is 4.74 Å². The molecule has 11 nitrogen and oxygen atoms in total. The largest absolute Gasteiger partial charge is 0.446 e. The molecule has 0 amide bonds. The van der Waals surface area contributed by atoms with Gasteiger partial charge in [0, 0.05) is 24.5 Å². The Morgan fingerprint density at radius 3 is 2.79 bits per heavy atom. The average Bonchev–Trinajstić information content (AvgIpc) is 3.57. The van der Waals surface area contributed by atoms with E-state index in [1.54, 1.807) is 21.4 Å². The van der Waals surface area contributed by atoms with Gasteiger partial charge in [-0.2, -0.15) is 4.98 Å². The first-order valence-corrected chi connectivity index (χ1v) is 10.9. The topological polar surface area (TPSA) is 126 Å². The molecule has 0 bridgehead atoms. The summed E-state index contributed by atoms with van der Waals surface area (Å²) < 4.78 is 23.9. The molecule has 0 saturated heterocycles. The van der Waals surface area contributed by atoms with Crippen LogP contribution < -0.4 is 5.69 Å². The number of H-pyrrole nitrogens is 1. The zero-order chi connectivity index (χ0) is 23.2. The molecule has 0 radical (unpaired) electrons. The number of benzene rings is 1. The van der Waals surface area contributed by atoms with Crippen LogP contribution in [0.15, 0.2) is 54.2 Å². The molecular weight excluding hydrogens is 443 g/mol. The Hall–Kier alpha value is -4.35. The van der Waals surface area contributed by atoms with E-state index in [4.69, 9.17) is 4.74 Å². The predicted molar refractivity (Wildman–Crippen MR) is 118 cm³/mol. The third kappa shape index (κ3) is 3.43. The Morgan fingerprint density at radius 1 is 1.15 bits per heavy atom. The minimum absolute atomic E-state index is 0.107. The van der Waals surface area contributed by atoms with Crippen LogP contribution in [0.2, 0.25) is 0 Å². The van der Waals surface area contributed by atoms with Crippen molar-refractivity contribution < 1.29 is 13.9 Å². The van der Waals surface area contributed by atoms with E-state index in [1.165, 1.54) is 41.7 Å². The van der Waals surface area contributed by atoms with Crippen molar-refractivity contribution in [2.45, 2.75) is 37.8 Å². The highest BCUT2D eigenvalue weighted by Gasteiger charge is 2.28. The van der Waals surface area contributed by atoms with Gasteiger partial charge in [-0.25, -0.2) is 33.5 Å². The predicted octanol–water partition coefficient (Wildman–Crippen LogP) is 2.96. The highest BCUT2D eigenvalue weighted by molar-refractivity contribution is 5.77. The number of ether oxygens (including phenoxy) is 1. The molecule has 1 aliphatic rings. The number of carbonyl (C=O) groups excluding carboxylic acids is 1. The number of hydrogen-bond acceptors (Lipinski definition) is 7. The SMILES string of the molecule is O=C(O[C@H]1CC[C@H](n2c(=O)[nH]c3cnc(-n4cnc5ccc(F)cc54)nc32)CC1)n1ccnc1. The third-order valence-corrected chi connectivity index (χ3v) is 6.16. The monoisotopic (exact) mass is 462 g/mol. The van der Waals surface area contributed by atoms with Crippen LogP contribution in [0.4, 0.5) is 9.18 Å². The van der Waals surface area contributed by atoms with E-state index >= 15 is 0 Å². The van der Waals surface area contributed by atoms with E-state index in [-0.39, 0.29) is 29.6 Å². The first kappa shape index (κ1) is 20.3. The van der Waals surface area contributed by atoms with Crippen LogP contribution in [-0.4, -0.2) is 50.8 Å². The van der Waals surface area contributed by atoms with Crippen molar-refractivity contribution in [2.24, 2.45) is 0 Å². The number of carbonyl (C=O) groups is 1. The zero-order valence-electron chi connectivity index (χ0n) is 17.8. The van der Waals surface area contributed by atoms with Crippen molar-refractivity contribution in [3.05, 3.63) is 65.7 Å². The standard InChI is InChI=1S/C22H19FN8O3/c23-13-1-6-16-18(9-13)30(12-26-16)20-25-10-17-19(28-20)31(21(32)27-17)14-2-4-15(5-3-14)34-22(33)29-8-7-24-11-29/h1,6-12,14-15H,2-5H2,(H,27,32)/t14-,15-. The first-order valence-electron chi connectivity index (χ1n) is 10.9. The Kier molecular flexibility index (Phi) is 4.71. The molecule has 172 valence electrons. The molecule has 0 atom stereocenters. The van der Waals surface area contributed by atoms with E-state index in [9.17, 15) is 14.0 Å². The number of halogens is 1. The number of aromatic nitrogens is 8. The number of aromatic amines is 1. The average molecular weight is 462 g/mol. The van der Waals surface area contributed by atoms with Crippen molar-refractivity contribution in [3.63, 3.8) is 0 Å². The normalized spacial score (nSPS) is 18.5. The van der Waals surface area contributed by atoms with Gasteiger partial charge in [0.25, 0.3) is 0 Å². The molecule has 0 unspecified atom stereocenters. The summed E-state index contributed by atoms with van der Waals surface area (Å²) in [4.78, 5) is 44.8. The van der Waals surface area contributed by atoms with E-state index < -0.39 is 6.09 Å². The van der Waals surface area contributed by atoms with Crippen molar-refractivity contribution in [3.8, 4) is 5.95 Å². The van der Waals surface area contributed by atoms with Crippen molar-refractivity contribution in [1.29, 1.82) is 0 Å². The molecule has 1 aromatic carbocycles. The maximum absolute atomic E-state index is 13.8. The Bertz CT molecular complexity index is 1560. The zero-order valence-corrected chi connectivity index (χ0v) is 17.8. The summed E-state index contributed by atoms with van der Waals surface area (Å²) in [6.07, 6.45) is 9.35. The number of fused-ring (bicyclic) bond motifs is 2. The second-order valence-corrected chi connectivity index (χ2v) is 8.24. The van der Waals surface area contributed by atoms with Gasteiger partial charge in [0.15, 0.2) is 5.65 Å². The third-order valence-electron chi connectivity index (χ3n) is 6.16. The second kappa shape index (κ2) is 7.90. The molecule has 1 N–H and O–H groups in total. The number of imidazole rings is 3. The van der Waals surface area contributed by atoms with E-state index in [0.29, 0.717) is 47.9 Å². The minimum atomic E-state index is -0.466. The van der Waals surface area contributed by atoms with Gasteiger partial charge in [0.1, 0.15) is 30.1 Å². The number of rotatable bonds is 3. The van der Waals surface area contributed by atoms with Gasteiger partial charge in [-0.3, -0.25) is 9.13 Å². The van der Waals surface area contributed by atoms with Gasteiger partial charge >= 0.3 is 11.8 Å². The van der Waals surface area contributed by atoms with Crippen LogP contribution in [0.25, 0.3) is 28.1 Å². The molecule has 12 heteroatoms. The van der Waals surface area contributed by atoms with Gasteiger partial charge in [0.2, 0.25) is 5.95 Å². The smallest absolute Gasteiger partial charge is 0.419 e. The van der Waals surface area contributed by atoms with Gasteiger partial charge in [0.05, 0.1) is 17.2 Å². The summed E-state index contributed by atoms with van der Waals surface area (Å²) in [7, 11) is 0. The Labute approximate surface area is 190 Å². The molecule has 0 spiro atoms. The molecule has 4 aromatic heterocycles. The van der Waals surface area contributed by atoms with E-state index in [2.05, 4.69) is 24.9 Å². The Balaban J connectivity index is 1.27. The minimum Gasteiger partial charge on any atom is -0.446 e. The molecule has 4 heterocycles. The molecule has 1 fully saturated rings. The van der Waals surface area contributed by atoms with Crippen LogP contribution in [0.3, 0.4) is 0 Å². The van der Waals surface area contributed by atoms with Gasteiger partial charge < -0.3 is 9.72 Å². The quantitative estimate of drug-likeness (QED) is 0.437. The van der Waals surface area contributed by atoms with Gasteiger partial charge in [-0.15, -0.1) is 0 Å². The summed E-state index contributed by atoms with van der Waals surface area (Å²) in [6, 6.07) is 4.19. The van der Waals surface area contributed by atoms with Gasteiger partial charge in [-0.05, 0) is 37.8 Å². The fraction of sp³-hybridized carbons (Fsp3) is 0.273. The summed E-state index contributed by atoms with van der Waals surface area (Å²) in [5.41, 5.74) is 1.84. The molecular formula is C22H19FN8O3. The van der Waals surface area contributed by atoms with Crippen molar-refractivity contribution in [2.75, 3.05) is 0 Å². The lowest BCUT2D eigenvalue weighted by atomic mass is 9.93. The van der Waals surface area contributed by atoms with Crippen LogP contribution in [0, 0.1) is 5.82 Å². The molecule has 1 aliphatic carbocycles. The van der Waals surface area contributed by atoms with Crippen molar-refractivity contribution in [1.82, 2.24) is 38.6 Å².